The second-order valence-corrected chi connectivity index (χ2v) is 5.68. The zero-order valence-corrected chi connectivity index (χ0v) is 12.9. The standard InChI is InChI=1S/C18H28O/c1-5-11-15(4)14-17(19)18(6-2,7-3)16-12-9-8-10-13-16/h8-10,12-13,15H,5-7,11,14H2,1-4H3. The third-order valence-electron chi connectivity index (χ3n) is 4.38. The van der Waals surface area contributed by atoms with Gasteiger partial charge < -0.3 is 0 Å². The molecule has 0 bridgehead atoms. The minimum absolute atomic E-state index is 0.275. The van der Waals surface area contributed by atoms with Crippen molar-refractivity contribution >= 4 is 5.78 Å². The fourth-order valence-corrected chi connectivity index (χ4v) is 3.08. The first-order valence-corrected chi connectivity index (χ1v) is 7.69. The Morgan fingerprint density at radius 1 is 1.11 bits per heavy atom. The summed E-state index contributed by atoms with van der Waals surface area (Å²) in [6.07, 6.45) is 4.80. The van der Waals surface area contributed by atoms with E-state index in [1.165, 1.54) is 5.56 Å². The van der Waals surface area contributed by atoms with E-state index < -0.39 is 0 Å². The van der Waals surface area contributed by atoms with Gasteiger partial charge in [0.25, 0.3) is 0 Å². The van der Waals surface area contributed by atoms with E-state index in [0.717, 1.165) is 25.7 Å². The van der Waals surface area contributed by atoms with Gasteiger partial charge in [-0.25, -0.2) is 0 Å². The van der Waals surface area contributed by atoms with Crippen LogP contribution in [0.4, 0.5) is 0 Å². The number of benzene rings is 1. The Kier molecular flexibility index (Phi) is 6.27. The van der Waals surface area contributed by atoms with Crippen molar-refractivity contribution in [1.29, 1.82) is 0 Å². The summed E-state index contributed by atoms with van der Waals surface area (Å²) in [7, 11) is 0. The molecule has 1 rings (SSSR count). The highest BCUT2D eigenvalue weighted by Crippen LogP contribution is 2.35. The Morgan fingerprint density at radius 2 is 1.68 bits per heavy atom. The Labute approximate surface area is 118 Å². The second kappa shape index (κ2) is 7.47. The monoisotopic (exact) mass is 260 g/mol. The molecule has 0 fully saturated rings. The molecule has 0 radical (unpaired) electrons. The van der Waals surface area contributed by atoms with E-state index in [1.807, 2.05) is 18.2 Å². The van der Waals surface area contributed by atoms with Gasteiger partial charge in [-0.3, -0.25) is 4.79 Å². The maximum Gasteiger partial charge on any atom is 0.143 e. The maximum atomic E-state index is 12.8. The molecule has 1 nitrogen and oxygen atoms in total. The van der Waals surface area contributed by atoms with Crippen LogP contribution in [0, 0.1) is 5.92 Å². The number of carbonyl (C=O) groups excluding carboxylic acids is 1. The highest BCUT2D eigenvalue weighted by atomic mass is 16.1. The normalized spacial score (nSPS) is 13.3. The third-order valence-corrected chi connectivity index (χ3v) is 4.38. The molecule has 0 N–H and O–H groups in total. The van der Waals surface area contributed by atoms with Crippen LogP contribution < -0.4 is 0 Å². The molecular weight excluding hydrogens is 232 g/mol. The van der Waals surface area contributed by atoms with Crippen LogP contribution in [0.25, 0.3) is 0 Å². The van der Waals surface area contributed by atoms with Gasteiger partial charge in [0.15, 0.2) is 0 Å². The fraction of sp³-hybridized carbons (Fsp3) is 0.611. The largest absolute Gasteiger partial charge is 0.299 e. The molecule has 1 atom stereocenters. The lowest BCUT2D eigenvalue weighted by atomic mass is 9.70. The zero-order chi connectivity index (χ0) is 14.3. The lowest BCUT2D eigenvalue weighted by molar-refractivity contribution is -0.125. The van der Waals surface area contributed by atoms with E-state index in [1.54, 1.807) is 0 Å². The summed E-state index contributed by atoms with van der Waals surface area (Å²) < 4.78 is 0. The lowest BCUT2D eigenvalue weighted by Crippen LogP contribution is -2.35. The van der Waals surface area contributed by atoms with Gasteiger partial charge in [-0.15, -0.1) is 0 Å². The third kappa shape index (κ3) is 3.68. The van der Waals surface area contributed by atoms with Gasteiger partial charge in [-0.2, -0.15) is 0 Å². The van der Waals surface area contributed by atoms with Crippen molar-refractivity contribution < 1.29 is 4.79 Å². The van der Waals surface area contributed by atoms with Gasteiger partial charge in [-0.1, -0.05) is 70.9 Å². The second-order valence-electron chi connectivity index (χ2n) is 5.68. The number of carbonyl (C=O) groups is 1. The number of rotatable bonds is 8. The van der Waals surface area contributed by atoms with Crippen molar-refractivity contribution in [3.05, 3.63) is 35.9 Å². The predicted molar refractivity (Wildman–Crippen MR) is 82.4 cm³/mol. The molecule has 0 aliphatic carbocycles. The molecule has 1 heteroatoms. The Hall–Kier alpha value is -1.11. The van der Waals surface area contributed by atoms with Crippen molar-refractivity contribution in [3.63, 3.8) is 0 Å². The van der Waals surface area contributed by atoms with Gasteiger partial charge in [0.2, 0.25) is 0 Å². The minimum atomic E-state index is -0.275. The number of hydrogen-bond acceptors (Lipinski definition) is 1. The van der Waals surface area contributed by atoms with Crippen LogP contribution in [0.5, 0.6) is 0 Å². The molecule has 1 aromatic carbocycles. The smallest absolute Gasteiger partial charge is 0.143 e. The topological polar surface area (TPSA) is 17.1 Å². The van der Waals surface area contributed by atoms with Crippen molar-refractivity contribution in [2.24, 2.45) is 5.92 Å². The van der Waals surface area contributed by atoms with Crippen LogP contribution in [0.1, 0.15) is 65.4 Å². The van der Waals surface area contributed by atoms with E-state index in [0.29, 0.717) is 18.1 Å². The summed E-state index contributed by atoms with van der Waals surface area (Å²) in [5.41, 5.74) is 0.914. The molecular formula is C18H28O. The summed E-state index contributed by atoms with van der Waals surface area (Å²) in [4.78, 5) is 12.8. The molecule has 0 saturated heterocycles. The Bertz CT molecular complexity index is 376. The summed E-state index contributed by atoms with van der Waals surface area (Å²) >= 11 is 0. The summed E-state index contributed by atoms with van der Waals surface area (Å²) in [5.74, 6) is 0.920. The fourth-order valence-electron chi connectivity index (χ4n) is 3.08. The molecule has 0 amide bonds. The van der Waals surface area contributed by atoms with E-state index in [-0.39, 0.29) is 5.41 Å². The van der Waals surface area contributed by atoms with Crippen LogP contribution in [-0.2, 0) is 10.2 Å². The molecule has 0 heterocycles. The molecule has 0 spiro atoms. The SMILES string of the molecule is CCCC(C)CC(=O)C(CC)(CC)c1ccccc1. The summed E-state index contributed by atoms with van der Waals surface area (Å²) in [6, 6.07) is 10.3. The molecule has 0 aromatic heterocycles. The van der Waals surface area contributed by atoms with E-state index in [9.17, 15) is 4.79 Å². The van der Waals surface area contributed by atoms with E-state index in [2.05, 4.69) is 39.8 Å². The molecule has 0 saturated carbocycles. The van der Waals surface area contributed by atoms with Crippen molar-refractivity contribution in [2.45, 2.75) is 65.2 Å². The average Bonchev–Trinajstić information content (AvgIpc) is 2.42. The molecule has 106 valence electrons. The van der Waals surface area contributed by atoms with Crippen LogP contribution in [0.3, 0.4) is 0 Å². The van der Waals surface area contributed by atoms with Gasteiger partial charge in [-0.05, 0) is 24.3 Å². The van der Waals surface area contributed by atoms with E-state index in [4.69, 9.17) is 0 Å². The van der Waals surface area contributed by atoms with Gasteiger partial charge in [0.05, 0.1) is 5.41 Å². The highest BCUT2D eigenvalue weighted by molar-refractivity contribution is 5.90. The van der Waals surface area contributed by atoms with Crippen LogP contribution >= 0.6 is 0 Å². The van der Waals surface area contributed by atoms with Gasteiger partial charge in [0, 0.05) is 6.42 Å². The van der Waals surface area contributed by atoms with Gasteiger partial charge >= 0.3 is 0 Å². The first-order valence-electron chi connectivity index (χ1n) is 7.69. The Morgan fingerprint density at radius 3 is 2.16 bits per heavy atom. The first-order chi connectivity index (χ1) is 9.10. The van der Waals surface area contributed by atoms with E-state index >= 15 is 0 Å². The molecule has 0 aliphatic heterocycles. The van der Waals surface area contributed by atoms with Gasteiger partial charge in [0.1, 0.15) is 5.78 Å². The molecule has 1 aromatic rings. The summed E-state index contributed by atoms with van der Waals surface area (Å²) in [6.45, 7) is 8.66. The number of hydrogen-bond donors (Lipinski definition) is 0. The average molecular weight is 260 g/mol. The minimum Gasteiger partial charge on any atom is -0.299 e. The van der Waals surface area contributed by atoms with Crippen LogP contribution in [-0.4, -0.2) is 5.78 Å². The molecule has 1 unspecified atom stereocenters. The molecule has 19 heavy (non-hydrogen) atoms. The zero-order valence-electron chi connectivity index (χ0n) is 12.9. The first kappa shape index (κ1) is 15.9. The maximum absolute atomic E-state index is 12.8. The van der Waals surface area contributed by atoms with Crippen LogP contribution in [0.15, 0.2) is 30.3 Å². The predicted octanol–water partition coefficient (Wildman–Crippen LogP) is 5.14. The summed E-state index contributed by atoms with van der Waals surface area (Å²) in [5, 5.41) is 0. The number of Topliss-reactive ketones (excluding diaryl/α,β-unsaturated/α-hetero) is 1. The quantitative estimate of drug-likeness (QED) is 0.632. The molecule has 0 aliphatic rings. The van der Waals surface area contributed by atoms with Crippen molar-refractivity contribution in [2.75, 3.05) is 0 Å². The highest BCUT2D eigenvalue weighted by Gasteiger charge is 2.36. The number of ketones is 1. The van der Waals surface area contributed by atoms with Crippen molar-refractivity contribution in [3.8, 4) is 0 Å². The lowest BCUT2D eigenvalue weighted by Gasteiger charge is -2.32. The van der Waals surface area contributed by atoms with Crippen LogP contribution in [0.2, 0.25) is 0 Å². The van der Waals surface area contributed by atoms with Crippen molar-refractivity contribution in [1.82, 2.24) is 0 Å². The Balaban J connectivity index is 2.96.